The fraction of sp³-hybridized carbons (Fsp3) is 0.500. The number of nitrogens with one attached hydrogen (secondary N) is 1. The zero-order valence-electron chi connectivity index (χ0n) is 10.0. The fourth-order valence-corrected chi connectivity index (χ4v) is 3.03. The van der Waals surface area contributed by atoms with E-state index in [9.17, 15) is 4.79 Å². The molecule has 0 aromatic heterocycles. The zero-order valence-corrected chi connectivity index (χ0v) is 10.8. The van der Waals surface area contributed by atoms with Gasteiger partial charge in [0.25, 0.3) is 0 Å². The van der Waals surface area contributed by atoms with Gasteiger partial charge in [-0.3, -0.25) is 4.79 Å². The molecular formula is C14H16ClNO2. The Morgan fingerprint density at radius 2 is 2.11 bits per heavy atom. The predicted molar refractivity (Wildman–Crippen MR) is 69.5 cm³/mol. The molecule has 1 N–H and O–H groups in total. The van der Waals surface area contributed by atoms with Gasteiger partial charge >= 0.3 is 0 Å². The van der Waals surface area contributed by atoms with Gasteiger partial charge in [-0.05, 0) is 24.8 Å². The SMILES string of the molecule is O=C(NC1CC2CCC1O2)C(Cl)c1ccccc1. The Bertz CT molecular complexity index is 437. The third-order valence-electron chi connectivity index (χ3n) is 3.76. The number of rotatable bonds is 3. The van der Waals surface area contributed by atoms with E-state index in [-0.39, 0.29) is 18.1 Å². The van der Waals surface area contributed by atoms with Crippen molar-refractivity contribution in [3.63, 3.8) is 0 Å². The molecule has 2 saturated heterocycles. The number of benzene rings is 1. The number of hydrogen-bond donors (Lipinski definition) is 1. The topological polar surface area (TPSA) is 38.3 Å². The maximum absolute atomic E-state index is 12.1. The standard InChI is InChI=1S/C14H16ClNO2/c15-13(9-4-2-1-3-5-9)14(17)16-11-8-10-6-7-12(11)18-10/h1-5,10-13H,6-8H2,(H,16,17). The quantitative estimate of drug-likeness (QED) is 0.853. The van der Waals surface area contributed by atoms with Crippen LogP contribution in [0.5, 0.6) is 0 Å². The van der Waals surface area contributed by atoms with Gasteiger partial charge in [-0.15, -0.1) is 11.6 Å². The number of halogens is 1. The largest absolute Gasteiger partial charge is 0.373 e. The smallest absolute Gasteiger partial charge is 0.242 e. The van der Waals surface area contributed by atoms with Crippen molar-refractivity contribution in [2.45, 2.75) is 42.9 Å². The summed E-state index contributed by atoms with van der Waals surface area (Å²) in [7, 11) is 0. The Labute approximate surface area is 111 Å². The lowest BCUT2D eigenvalue weighted by atomic mass is 9.95. The van der Waals surface area contributed by atoms with Crippen molar-refractivity contribution >= 4 is 17.5 Å². The molecule has 18 heavy (non-hydrogen) atoms. The lowest BCUT2D eigenvalue weighted by Crippen LogP contribution is -2.42. The molecular weight excluding hydrogens is 250 g/mol. The lowest BCUT2D eigenvalue weighted by Gasteiger charge is -2.21. The molecule has 3 rings (SSSR count). The Kier molecular flexibility index (Phi) is 3.27. The summed E-state index contributed by atoms with van der Waals surface area (Å²) in [5.41, 5.74) is 0.834. The average molecular weight is 266 g/mol. The first-order valence-electron chi connectivity index (χ1n) is 6.39. The third kappa shape index (κ3) is 2.25. The van der Waals surface area contributed by atoms with Gasteiger partial charge in [0.1, 0.15) is 5.38 Å². The Morgan fingerprint density at radius 3 is 2.72 bits per heavy atom. The van der Waals surface area contributed by atoms with Crippen LogP contribution < -0.4 is 5.32 Å². The molecule has 1 amide bonds. The number of alkyl halides is 1. The second-order valence-electron chi connectivity index (χ2n) is 5.00. The van der Waals surface area contributed by atoms with E-state index in [0.29, 0.717) is 6.10 Å². The minimum Gasteiger partial charge on any atom is -0.373 e. The molecule has 4 unspecified atom stereocenters. The van der Waals surface area contributed by atoms with Crippen molar-refractivity contribution in [2.75, 3.05) is 0 Å². The van der Waals surface area contributed by atoms with Crippen molar-refractivity contribution in [3.8, 4) is 0 Å². The van der Waals surface area contributed by atoms with Crippen LogP contribution in [0.2, 0.25) is 0 Å². The number of carbonyl (C=O) groups is 1. The van der Waals surface area contributed by atoms with Crippen molar-refractivity contribution in [3.05, 3.63) is 35.9 Å². The third-order valence-corrected chi connectivity index (χ3v) is 4.21. The molecule has 2 aliphatic rings. The van der Waals surface area contributed by atoms with Gasteiger partial charge < -0.3 is 10.1 Å². The zero-order chi connectivity index (χ0) is 12.5. The lowest BCUT2D eigenvalue weighted by molar-refractivity contribution is -0.121. The molecule has 2 fully saturated rings. The number of amides is 1. The molecule has 4 heteroatoms. The molecule has 0 aliphatic carbocycles. The van der Waals surface area contributed by atoms with E-state index in [1.807, 2.05) is 30.3 Å². The van der Waals surface area contributed by atoms with E-state index in [2.05, 4.69) is 5.32 Å². The molecule has 0 radical (unpaired) electrons. The first kappa shape index (κ1) is 12.0. The van der Waals surface area contributed by atoms with Crippen molar-refractivity contribution < 1.29 is 9.53 Å². The van der Waals surface area contributed by atoms with Crippen LogP contribution in [0.1, 0.15) is 30.2 Å². The summed E-state index contributed by atoms with van der Waals surface area (Å²) in [5.74, 6) is -0.121. The normalized spacial score (nSPS) is 31.3. The van der Waals surface area contributed by atoms with Crippen molar-refractivity contribution in [1.82, 2.24) is 5.32 Å². The Morgan fingerprint density at radius 1 is 1.33 bits per heavy atom. The van der Waals surface area contributed by atoms with Crippen LogP contribution in [-0.2, 0) is 9.53 Å². The van der Waals surface area contributed by atoms with E-state index in [4.69, 9.17) is 16.3 Å². The Balaban J connectivity index is 1.62. The average Bonchev–Trinajstić information content (AvgIpc) is 3.01. The van der Waals surface area contributed by atoms with Gasteiger partial charge in [0.15, 0.2) is 0 Å². The van der Waals surface area contributed by atoms with Gasteiger partial charge in [0.2, 0.25) is 5.91 Å². The monoisotopic (exact) mass is 265 g/mol. The van der Waals surface area contributed by atoms with Gasteiger partial charge in [0, 0.05) is 0 Å². The van der Waals surface area contributed by atoms with Gasteiger partial charge in [-0.2, -0.15) is 0 Å². The summed E-state index contributed by atoms with van der Waals surface area (Å²) in [4.78, 5) is 12.1. The summed E-state index contributed by atoms with van der Waals surface area (Å²) >= 11 is 6.18. The minimum atomic E-state index is -0.620. The molecule has 0 saturated carbocycles. The maximum atomic E-state index is 12.1. The van der Waals surface area contributed by atoms with Crippen molar-refractivity contribution in [2.24, 2.45) is 0 Å². The predicted octanol–water partition coefficient (Wildman–Crippen LogP) is 2.40. The summed E-state index contributed by atoms with van der Waals surface area (Å²) in [6, 6.07) is 9.57. The van der Waals surface area contributed by atoms with E-state index < -0.39 is 5.38 Å². The molecule has 3 nitrogen and oxygen atoms in total. The van der Waals surface area contributed by atoms with Crippen molar-refractivity contribution in [1.29, 1.82) is 0 Å². The molecule has 2 bridgehead atoms. The highest BCUT2D eigenvalue weighted by Crippen LogP contribution is 2.34. The maximum Gasteiger partial charge on any atom is 0.242 e. The molecule has 0 spiro atoms. The van der Waals surface area contributed by atoms with Crippen LogP contribution in [0.15, 0.2) is 30.3 Å². The summed E-state index contributed by atoms with van der Waals surface area (Å²) in [5, 5.41) is 2.39. The van der Waals surface area contributed by atoms with Crippen LogP contribution >= 0.6 is 11.6 Å². The minimum absolute atomic E-state index is 0.121. The molecule has 4 atom stereocenters. The van der Waals surface area contributed by atoms with Gasteiger partial charge in [-0.1, -0.05) is 30.3 Å². The highest BCUT2D eigenvalue weighted by atomic mass is 35.5. The highest BCUT2D eigenvalue weighted by Gasteiger charge is 2.41. The molecule has 1 aromatic carbocycles. The summed E-state index contributed by atoms with van der Waals surface area (Å²) in [6.07, 6.45) is 3.63. The van der Waals surface area contributed by atoms with E-state index in [0.717, 1.165) is 24.8 Å². The summed E-state index contributed by atoms with van der Waals surface area (Å²) in [6.45, 7) is 0. The highest BCUT2D eigenvalue weighted by molar-refractivity contribution is 6.30. The number of carbonyl (C=O) groups excluding carboxylic acids is 1. The van der Waals surface area contributed by atoms with Crippen LogP contribution in [0, 0.1) is 0 Å². The van der Waals surface area contributed by atoms with E-state index >= 15 is 0 Å². The molecule has 2 aliphatic heterocycles. The van der Waals surface area contributed by atoms with Crippen LogP contribution in [0.25, 0.3) is 0 Å². The van der Waals surface area contributed by atoms with Gasteiger partial charge in [0.05, 0.1) is 18.2 Å². The second kappa shape index (κ2) is 4.90. The first-order valence-corrected chi connectivity index (χ1v) is 6.82. The molecule has 1 aromatic rings. The fourth-order valence-electron chi connectivity index (χ4n) is 2.82. The van der Waals surface area contributed by atoms with Gasteiger partial charge in [-0.25, -0.2) is 0 Å². The molecule has 96 valence electrons. The first-order chi connectivity index (χ1) is 8.74. The van der Waals surface area contributed by atoms with E-state index in [1.165, 1.54) is 0 Å². The van der Waals surface area contributed by atoms with E-state index in [1.54, 1.807) is 0 Å². The van der Waals surface area contributed by atoms with Crippen LogP contribution in [0.3, 0.4) is 0 Å². The van der Waals surface area contributed by atoms with Crippen LogP contribution in [-0.4, -0.2) is 24.2 Å². The molecule has 2 heterocycles. The number of fused-ring (bicyclic) bond motifs is 2. The Hall–Kier alpha value is -1.06. The number of ether oxygens (including phenoxy) is 1. The summed E-state index contributed by atoms with van der Waals surface area (Å²) < 4.78 is 5.71. The second-order valence-corrected chi connectivity index (χ2v) is 5.43. The van der Waals surface area contributed by atoms with Crippen LogP contribution in [0.4, 0.5) is 0 Å². The number of hydrogen-bond acceptors (Lipinski definition) is 2.